The lowest BCUT2D eigenvalue weighted by atomic mass is 9.92. The molecule has 0 radical (unpaired) electrons. The van der Waals surface area contributed by atoms with Crippen LogP contribution in [0.4, 0.5) is 0 Å². The number of hydrogen-bond donors (Lipinski definition) is 4. The molecule has 0 aliphatic rings. The fraction of sp³-hybridized carbons (Fsp3) is 0.692. The lowest BCUT2D eigenvalue weighted by molar-refractivity contribution is -0.0671. The van der Waals surface area contributed by atoms with Gasteiger partial charge in [-0.25, -0.2) is 9.13 Å². The Kier molecular flexibility index (Phi) is 10.5. The largest absolute Gasteiger partial charge is 0.469 e. The van der Waals surface area contributed by atoms with Crippen molar-refractivity contribution in [1.82, 2.24) is 0 Å². The molecular formula is C13H26O10P2. The lowest BCUT2D eigenvalue weighted by Gasteiger charge is -2.32. The Bertz CT molecular complexity index is 487. The first-order chi connectivity index (χ1) is 11.2. The Balaban J connectivity index is 5.24. The summed E-state index contributed by atoms with van der Waals surface area (Å²) >= 11 is 0. The van der Waals surface area contributed by atoms with Crippen molar-refractivity contribution in [3.05, 3.63) is 24.3 Å². The zero-order valence-corrected chi connectivity index (χ0v) is 16.1. The van der Waals surface area contributed by atoms with Crippen LogP contribution in [0.5, 0.6) is 0 Å². The summed E-state index contributed by atoms with van der Waals surface area (Å²) in [5.74, 6) is 0. The first-order valence-electron chi connectivity index (χ1n) is 7.09. The predicted molar refractivity (Wildman–Crippen MR) is 89.7 cm³/mol. The quantitative estimate of drug-likeness (QED) is 0.247. The zero-order chi connectivity index (χ0) is 19.7. The molecule has 25 heavy (non-hydrogen) atoms. The van der Waals surface area contributed by atoms with Crippen molar-refractivity contribution in [3.8, 4) is 0 Å². The molecule has 0 atom stereocenters. The molecule has 4 N–H and O–H groups in total. The highest BCUT2D eigenvalue weighted by Crippen LogP contribution is 2.42. The van der Waals surface area contributed by atoms with Crippen LogP contribution in [0.1, 0.15) is 13.8 Å². The van der Waals surface area contributed by atoms with Gasteiger partial charge in [0, 0.05) is 0 Å². The first-order valence-corrected chi connectivity index (χ1v) is 10.2. The van der Waals surface area contributed by atoms with E-state index >= 15 is 0 Å². The van der Waals surface area contributed by atoms with Crippen LogP contribution in [0.2, 0.25) is 0 Å². The van der Waals surface area contributed by atoms with Crippen molar-refractivity contribution >= 4 is 15.6 Å². The number of rotatable bonds is 14. The number of ether oxygens (including phenoxy) is 2. The van der Waals surface area contributed by atoms with Crippen molar-refractivity contribution in [2.45, 2.75) is 13.8 Å². The highest BCUT2D eigenvalue weighted by molar-refractivity contribution is 7.46. The molecule has 0 aliphatic heterocycles. The van der Waals surface area contributed by atoms with Crippen LogP contribution >= 0.6 is 15.6 Å². The summed E-state index contributed by atoms with van der Waals surface area (Å²) in [5.41, 5.74) is -0.000200. The predicted octanol–water partition coefficient (Wildman–Crippen LogP) is 1.38. The molecule has 10 nitrogen and oxygen atoms in total. The SMILES string of the molecule is C=C(C)COCC(COCC(=C)C)(COP(=O)(O)O)COP(=O)(O)O. The van der Waals surface area contributed by atoms with Gasteiger partial charge in [-0.2, -0.15) is 0 Å². The van der Waals surface area contributed by atoms with Gasteiger partial charge in [0.2, 0.25) is 0 Å². The molecule has 0 rings (SSSR count). The third-order valence-electron chi connectivity index (χ3n) is 2.59. The minimum Gasteiger partial charge on any atom is -0.376 e. The van der Waals surface area contributed by atoms with Gasteiger partial charge in [0.1, 0.15) is 0 Å². The van der Waals surface area contributed by atoms with Gasteiger partial charge >= 0.3 is 15.6 Å². The van der Waals surface area contributed by atoms with Crippen molar-refractivity contribution in [2.75, 3.05) is 39.6 Å². The maximum atomic E-state index is 11.0. The van der Waals surface area contributed by atoms with Gasteiger partial charge in [0.25, 0.3) is 0 Å². The Labute approximate surface area is 146 Å². The van der Waals surface area contributed by atoms with Gasteiger partial charge in [-0.05, 0) is 13.8 Å². The minimum atomic E-state index is -4.82. The monoisotopic (exact) mass is 404 g/mol. The number of hydrogen-bond acceptors (Lipinski definition) is 6. The van der Waals surface area contributed by atoms with E-state index in [9.17, 15) is 9.13 Å². The third-order valence-corrected chi connectivity index (χ3v) is 3.52. The molecule has 0 saturated carbocycles. The normalized spacial score (nSPS) is 13.0. The Hall–Kier alpha value is -0.380. The fourth-order valence-corrected chi connectivity index (χ4v) is 2.46. The summed E-state index contributed by atoms with van der Waals surface area (Å²) in [5, 5.41) is 0. The van der Waals surface area contributed by atoms with E-state index in [2.05, 4.69) is 22.2 Å². The van der Waals surface area contributed by atoms with Crippen LogP contribution in [-0.4, -0.2) is 59.2 Å². The van der Waals surface area contributed by atoms with E-state index in [0.29, 0.717) is 11.1 Å². The van der Waals surface area contributed by atoms with Crippen molar-refractivity contribution in [2.24, 2.45) is 5.41 Å². The molecule has 0 aromatic carbocycles. The Morgan fingerprint density at radius 2 is 1.12 bits per heavy atom. The summed E-state index contributed by atoms with van der Waals surface area (Å²) in [4.78, 5) is 35.7. The summed E-state index contributed by atoms with van der Waals surface area (Å²) in [6.45, 7) is 9.37. The average molecular weight is 404 g/mol. The molecule has 12 heteroatoms. The number of phosphoric ester groups is 2. The van der Waals surface area contributed by atoms with Crippen LogP contribution in [-0.2, 0) is 27.7 Å². The molecule has 148 valence electrons. The van der Waals surface area contributed by atoms with Crippen molar-refractivity contribution in [1.29, 1.82) is 0 Å². The smallest absolute Gasteiger partial charge is 0.376 e. The average Bonchev–Trinajstić information content (AvgIpc) is 2.40. The van der Waals surface area contributed by atoms with Crippen LogP contribution in [0, 0.1) is 5.41 Å². The van der Waals surface area contributed by atoms with Crippen LogP contribution < -0.4 is 0 Å². The summed E-state index contributed by atoms with van der Waals surface area (Å²) in [6.07, 6.45) is 0. The zero-order valence-electron chi connectivity index (χ0n) is 14.3. The molecule has 0 fully saturated rings. The second-order valence-corrected chi connectivity index (χ2v) is 8.41. The Morgan fingerprint density at radius 3 is 1.36 bits per heavy atom. The summed E-state index contributed by atoms with van der Waals surface area (Å²) in [6, 6.07) is 0. The molecule has 0 heterocycles. The Morgan fingerprint density at radius 1 is 0.800 bits per heavy atom. The van der Waals surface area contributed by atoms with Crippen LogP contribution in [0.15, 0.2) is 24.3 Å². The van der Waals surface area contributed by atoms with Crippen molar-refractivity contribution < 1.29 is 47.2 Å². The van der Waals surface area contributed by atoms with Crippen molar-refractivity contribution in [3.63, 3.8) is 0 Å². The van der Waals surface area contributed by atoms with E-state index in [1.165, 1.54) is 0 Å². The van der Waals surface area contributed by atoms with Gasteiger partial charge in [0.05, 0.1) is 45.1 Å². The second-order valence-electron chi connectivity index (χ2n) is 5.93. The van der Waals surface area contributed by atoms with Gasteiger partial charge in [-0.1, -0.05) is 24.3 Å². The standard InChI is InChI=1S/C13H26O10P2/c1-11(2)5-20-7-13(8-21-6-12(3)4,9-22-24(14,15)16)10-23-25(17,18)19/h1,3,5-10H2,2,4H3,(H2,14,15,16)(H2,17,18,19). The van der Waals surface area contributed by atoms with Gasteiger partial charge in [-0.15, -0.1) is 0 Å². The first kappa shape index (κ1) is 24.6. The fourth-order valence-electron chi connectivity index (χ4n) is 1.58. The second kappa shape index (κ2) is 10.7. The topological polar surface area (TPSA) is 152 Å². The third kappa shape index (κ3) is 14.5. The number of phosphoric acid groups is 2. The van der Waals surface area contributed by atoms with E-state index in [4.69, 9.17) is 29.0 Å². The van der Waals surface area contributed by atoms with E-state index in [1.54, 1.807) is 13.8 Å². The summed E-state index contributed by atoms with van der Waals surface area (Å²) in [7, 11) is -9.65. The van der Waals surface area contributed by atoms with E-state index in [-0.39, 0.29) is 26.4 Å². The molecule has 0 bridgehead atoms. The van der Waals surface area contributed by atoms with Gasteiger partial charge in [0.15, 0.2) is 0 Å². The molecule has 0 aromatic heterocycles. The lowest BCUT2D eigenvalue weighted by Crippen LogP contribution is -2.41. The van der Waals surface area contributed by atoms with E-state index in [0.717, 1.165) is 0 Å². The molecule has 0 aromatic rings. The van der Waals surface area contributed by atoms with Crippen LogP contribution in [0.25, 0.3) is 0 Å². The maximum Gasteiger partial charge on any atom is 0.469 e. The van der Waals surface area contributed by atoms with E-state index < -0.39 is 34.3 Å². The van der Waals surface area contributed by atoms with Gasteiger partial charge in [-0.3, -0.25) is 9.05 Å². The minimum absolute atomic E-state index is 0.133. The highest BCUT2D eigenvalue weighted by Gasteiger charge is 2.37. The maximum absolute atomic E-state index is 11.0. The molecule has 0 saturated heterocycles. The van der Waals surface area contributed by atoms with E-state index in [1.807, 2.05) is 0 Å². The van der Waals surface area contributed by atoms with Gasteiger partial charge < -0.3 is 29.0 Å². The summed E-state index contributed by atoms with van der Waals surface area (Å²) < 4.78 is 41.8. The molecular weight excluding hydrogens is 378 g/mol. The molecule has 0 aliphatic carbocycles. The molecule has 0 spiro atoms. The highest BCUT2D eigenvalue weighted by atomic mass is 31.2. The van der Waals surface area contributed by atoms with Crippen LogP contribution in [0.3, 0.4) is 0 Å². The molecule has 0 unspecified atom stereocenters. The molecule has 0 amide bonds.